The van der Waals surface area contributed by atoms with E-state index in [2.05, 4.69) is 22.1 Å². The molecule has 6 aromatic rings. The molecule has 0 bridgehead atoms. The molecule has 46 heavy (non-hydrogen) atoms. The fourth-order valence-corrected chi connectivity index (χ4v) is 6.48. The molecule has 3 heterocycles. The molecule has 1 saturated carbocycles. The van der Waals surface area contributed by atoms with Gasteiger partial charge in [-0.3, -0.25) is 9.79 Å². The SMILES string of the molecule is COc1ccc(C=NC(c2ccc(Cl)nc2)(c2cccc3c(-c4cccc(Cl)c4)cc(=O)n(CC4CC4)c23)c2cncn2C)cc1. The average Bonchev–Trinajstić information content (AvgIpc) is 3.80. The fourth-order valence-electron chi connectivity index (χ4n) is 6.18. The first-order valence-corrected chi connectivity index (χ1v) is 15.8. The van der Waals surface area contributed by atoms with Crippen molar-refractivity contribution >= 4 is 40.3 Å². The van der Waals surface area contributed by atoms with Crippen LogP contribution in [-0.4, -0.2) is 32.4 Å². The Bertz CT molecular complexity index is 2130. The van der Waals surface area contributed by atoms with Crippen LogP contribution in [0.4, 0.5) is 0 Å². The molecule has 1 aliphatic rings. The summed E-state index contributed by atoms with van der Waals surface area (Å²) in [6, 6.07) is 26.9. The summed E-state index contributed by atoms with van der Waals surface area (Å²) in [5.74, 6) is 1.20. The van der Waals surface area contributed by atoms with Crippen LogP contribution in [0.1, 0.15) is 35.2 Å². The van der Waals surface area contributed by atoms with Gasteiger partial charge in [0, 0.05) is 53.6 Å². The second kappa shape index (κ2) is 12.2. The number of aryl methyl sites for hydroxylation is 1. The van der Waals surface area contributed by atoms with Gasteiger partial charge in [-0.05, 0) is 77.9 Å². The van der Waals surface area contributed by atoms with E-state index in [0.717, 1.165) is 63.0 Å². The van der Waals surface area contributed by atoms with Crippen LogP contribution in [0.2, 0.25) is 10.2 Å². The minimum atomic E-state index is -1.17. The Kier molecular flexibility index (Phi) is 7.97. The highest BCUT2D eigenvalue weighted by Crippen LogP contribution is 2.45. The molecular formula is C37H31Cl2N5O2. The van der Waals surface area contributed by atoms with E-state index >= 15 is 0 Å². The molecule has 1 aliphatic carbocycles. The number of para-hydroxylation sites is 1. The molecule has 1 fully saturated rings. The van der Waals surface area contributed by atoms with Gasteiger partial charge in [0.15, 0.2) is 5.54 Å². The summed E-state index contributed by atoms with van der Waals surface area (Å²) in [5.41, 5.74) is 4.51. The number of imidazole rings is 1. The molecule has 0 N–H and O–H groups in total. The Labute approximate surface area is 276 Å². The molecular weight excluding hydrogens is 617 g/mol. The molecule has 1 unspecified atom stereocenters. The standard InChI is InChI=1S/C37H31Cl2N5O2/c1-43-23-40-21-33(43)37(27-13-16-34(39)41-20-27,42-19-24-11-14-29(46-2)15-12-24)32-8-4-7-30-31(26-5-3-6-28(38)17-26)18-35(45)44(36(30)32)22-25-9-10-25/h3-8,11-21,23,25H,9-10,22H2,1-2H3. The van der Waals surface area contributed by atoms with Gasteiger partial charge in [-0.2, -0.15) is 0 Å². The zero-order chi connectivity index (χ0) is 31.8. The van der Waals surface area contributed by atoms with Gasteiger partial charge < -0.3 is 13.9 Å². The van der Waals surface area contributed by atoms with Crippen molar-refractivity contribution in [2.45, 2.75) is 24.9 Å². The van der Waals surface area contributed by atoms with Crippen molar-refractivity contribution < 1.29 is 4.74 Å². The highest BCUT2D eigenvalue weighted by atomic mass is 35.5. The number of halogens is 2. The van der Waals surface area contributed by atoms with Crippen molar-refractivity contribution in [2.75, 3.05) is 7.11 Å². The maximum atomic E-state index is 14.2. The lowest BCUT2D eigenvalue weighted by molar-refractivity contribution is 0.415. The molecule has 7 rings (SSSR count). The number of hydrogen-bond donors (Lipinski definition) is 0. The number of aromatic nitrogens is 4. The van der Waals surface area contributed by atoms with Crippen molar-refractivity contribution in [2.24, 2.45) is 18.0 Å². The van der Waals surface area contributed by atoms with E-state index in [9.17, 15) is 4.79 Å². The van der Waals surface area contributed by atoms with Gasteiger partial charge in [-0.1, -0.05) is 59.6 Å². The molecule has 1 atom stereocenters. The van der Waals surface area contributed by atoms with Crippen LogP contribution < -0.4 is 10.3 Å². The molecule has 0 amide bonds. The molecule has 0 aliphatic heterocycles. The van der Waals surface area contributed by atoms with Crippen molar-refractivity contribution in [1.82, 2.24) is 19.1 Å². The van der Waals surface area contributed by atoms with E-state index in [1.54, 1.807) is 31.8 Å². The van der Waals surface area contributed by atoms with E-state index in [-0.39, 0.29) is 5.56 Å². The van der Waals surface area contributed by atoms with Crippen molar-refractivity contribution in [3.63, 3.8) is 0 Å². The topological polar surface area (TPSA) is 74.3 Å². The van der Waals surface area contributed by atoms with E-state index in [1.807, 2.05) is 89.3 Å². The number of pyridine rings is 2. The molecule has 3 aromatic heterocycles. The number of methoxy groups -OCH3 is 1. The molecule has 0 spiro atoms. The fraction of sp³-hybridized carbons (Fsp3) is 0.189. The molecule has 7 nitrogen and oxygen atoms in total. The number of aliphatic imine (C=N–C) groups is 1. The first kappa shape index (κ1) is 30.0. The summed E-state index contributed by atoms with van der Waals surface area (Å²) in [6.07, 6.45) is 9.37. The Morgan fingerprint density at radius 2 is 1.80 bits per heavy atom. The molecule has 3 aromatic carbocycles. The van der Waals surface area contributed by atoms with E-state index in [4.69, 9.17) is 32.9 Å². The monoisotopic (exact) mass is 647 g/mol. The number of ether oxygens (including phenoxy) is 1. The third kappa shape index (κ3) is 5.50. The number of nitrogens with zero attached hydrogens (tertiary/aromatic N) is 5. The van der Waals surface area contributed by atoms with Gasteiger partial charge in [-0.15, -0.1) is 0 Å². The number of rotatable bonds is 9. The number of hydrogen-bond acceptors (Lipinski definition) is 5. The van der Waals surface area contributed by atoms with Crippen molar-refractivity contribution in [3.05, 3.63) is 147 Å². The van der Waals surface area contributed by atoms with Crippen LogP contribution in [-0.2, 0) is 19.1 Å². The third-order valence-electron chi connectivity index (χ3n) is 8.65. The number of fused-ring (bicyclic) bond motifs is 1. The lowest BCUT2D eigenvalue weighted by Crippen LogP contribution is -2.32. The van der Waals surface area contributed by atoms with Gasteiger partial charge >= 0.3 is 0 Å². The van der Waals surface area contributed by atoms with Crippen LogP contribution in [0, 0.1) is 5.92 Å². The smallest absolute Gasteiger partial charge is 0.251 e. The Morgan fingerprint density at radius 3 is 2.48 bits per heavy atom. The van der Waals surface area contributed by atoms with Gasteiger partial charge in [0.2, 0.25) is 0 Å². The molecule has 0 saturated heterocycles. The summed E-state index contributed by atoms with van der Waals surface area (Å²) in [4.78, 5) is 28.6. The second-order valence-corrected chi connectivity index (χ2v) is 12.5. The van der Waals surface area contributed by atoms with E-state index in [0.29, 0.717) is 22.6 Å². The summed E-state index contributed by atoms with van der Waals surface area (Å²) in [6.45, 7) is 0.616. The average molecular weight is 649 g/mol. The molecule has 0 radical (unpaired) electrons. The Morgan fingerprint density at radius 1 is 1.00 bits per heavy atom. The Balaban J connectivity index is 1.61. The van der Waals surface area contributed by atoms with Gasteiger partial charge in [-0.25, -0.2) is 9.97 Å². The van der Waals surface area contributed by atoms with Gasteiger partial charge in [0.1, 0.15) is 10.9 Å². The highest BCUT2D eigenvalue weighted by Gasteiger charge is 2.41. The lowest BCUT2D eigenvalue weighted by Gasteiger charge is -2.33. The molecule has 9 heteroatoms. The summed E-state index contributed by atoms with van der Waals surface area (Å²) >= 11 is 12.8. The van der Waals surface area contributed by atoms with Crippen molar-refractivity contribution in [3.8, 4) is 16.9 Å². The maximum absolute atomic E-state index is 14.2. The highest BCUT2D eigenvalue weighted by molar-refractivity contribution is 6.31. The minimum absolute atomic E-state index is 0.0749. The van der Waals surface area contributed by atoms with Crippen LogP contribution in [0.25, 0.3) is 22.0 Å². The van der Waals surface area contributed by atoms with Crippen LogP contribution in [0.3, 0.4) is 0 Å². The summed E-state index contributed by atoms with van der Waals surface area (Å²) in [7, 11) is 3.59. The largest absolute Gasteiger partial charge is 0.497 e. The zero-order valence-corrected chi connectivity index (χ0v) is 26.9. The quantitative estimate of drug-likeness (QED) is 0.118. The maximum Gasteiger partial charge on any atom is 0.251 e. The molecule has 230 valence electrons. The second-order valence-electron chi connectivity index (χ2n) is 11.7. The zero-order valence-electron chi connectivity index (χ0n) is 25.4. The van der Waals surface area contributed by atoms with Gasteiger partial charge in [0.25, 0.3) is 5.56 Å². The predicted octanol–water partition coefficient (Wildman–Crippen LogP) is 7.93. The van der Waals surface area contributed by atoms with Crippen LogP contribution in [0.15, 0.2) is 113 Å². The third-order valence-corrected chi connectivity index (χ3v) is 9.11. The lowest BCUT2D eigenvalue weighted by atomic mass is 9.79. The Hall–Kier alpha value is -4.72. The van der Waals surface area contributed by atoms with Crippen LogP contribution in [0.5, 0.6) is 5.75 Å². The normalized spacial score (nSPS) is 14.5. The number of benzene rings is 3. The predicted molar refractivity (Wildman–Crippen MR) is 184 cm³/mol. The summed E-state index contributed by atoms with van der Waals surface area (Å²) < 4.78 is 9.27. The van der Waals surface area contributed by atoms with Gasteiger partial charge in [0.05, 0.1) is 30.8 Å². The first-order chi connectivity index (χ1) is 22.4. The van der Waals surface area contributed by atoms with Crippen molar-refractivity contribution in [1.29, 1.82) is 0 Å². The van der Waals surface area contributed by atoms with Crippen LogP contribution >= 0.6 is 23.2 Å². The minimum Gasteiger partial charge on any atom is -0.497 e. The van der Waals surface area contributed by atoms with E-state index < -0.39 is 5.54 Å². The first-order valence-electron chi connectivity index (χ1n) is 15.1. The van der Waals surface area contributed by atoms with E-state index in [1.165, 1.54) is 0 Å². The summed E-state index contributed by atoms with van der Waals surface area (Å²) in [5, 5.41) is 1.89.